The fraction of sp³-hybridized carbons (Fsp3) is 1.00. The van der Waals surface area contributed by atoms with E-state index in [9.17, 15) is 101 Å². The van der Waals surface area contributed by atoms with Crippen LogP contribution >= 0.6 is 0 Å². The highest BCUT2D eigenvalue weighted by Gasteiger charge is 2.47. The van der Waals surface area contributed by atoms with Gasteiger partial charge in [0.2, 0.25) is 0 Å². The first-order valence-electron chi connectivity index (χ1n) is 24.5. The second kappa shape index (κ2) is 27.8. The maximum atomic E-state index is 12.0. The second-order valence-corrected chi connectivity index (χ2v) is 41.0. The smallest absolute Gasteiger partial charge is 0.267 e. The highest BCUT2D eigenvalue weighted by atomic mass is 32.3. The molecule has 0 radical (unpaired) electrons. The van der Waals surface area contributed by atoms with Crippen molar-refractivity contribution in [2.75, 3.05) is 84.0 Å². The first-order chi connectivity index (χ1) is 37.7. The van der Waals surface area contributed by atoms with E-state index < -0.39 is 264 Å². The first kappa shape index (κ1) is 75.4. The Morgan fingerprint density at radius 3 is 0.821 bits per heavy atom. The molecule has 0 aromatic rings. The molecule has 0 amide bonds. The molecular formula is C36H66O36S12. The van der Waals surface area contributed by atoms with Crippen LogP contribution in [0.3, 0.4) is 0 Å². The van der Waals surface area contributed by atoms with Crippen LogP contribution in [0, 0.1) is 0 Å². The summed E-state index contributed by atoms with van der Waals surface area (Å²) in [6.07, 6.45) is -7.07. The summed E-state index contributed by atoms with van der Waals surface area (Å²) in [4.78, 5) is 0. The molecule has 6 rings (SSSR count). The monoisotopic (exact) mass is 1460 g/mol. The van der Waals surface area contributed by atoms with Crippen LogP contribution in [0.4, 0.5) is 0 Å². The van der Waals surface area contributed by atoms with Gasteiger partial charge < -0.3 is 0 Å². The fourth-order valence-electron chi connectivity index (χ4n) is 7.70. The van der Waals surface area contributed by atoms with Crippen molar-refractivity contribution < 1.29 is 151 Å². The van der Waals surface area contributed by atoms with Gasteiger partial charge in [-0.2, -0.15) is 101 Å². The molecule has 10 unspecified atom stereocenters. The lowest BCUT2D eigenvalue weighted by Crippen LogP contribution is -2.37. The van der Waals surface area contributed by atoms with Crippen LogP contribution in [-0.2, 0) is 172 Å². The van der Waals surface area contributed by atoms with Gasteiger partial charge in [0.15, 0.2) is 0 Å². The Hall–Kier alpha value is -1.08. The third kappa shape index (κ3) is 25.0. The molecule has 0 aliphatic carbocycles. The van der Waals surface area contributed by atoms with E-state index in [0.29, 0.717) is 0 Å². The SMILES string of the molecule is CC1(OS(=O)(=O)CCCCS(=O)(=O)OC2(C)COS(=O)(=O)C2)COS(=O)(=O)C1.CC1C(OS(=O)(=O)CCCCS(=O)(=O)OC2COS(=O)(=O)C2C)COS1(=O)=O.CC1OS(=O)(=O)CC1OS(=O)(=O)CCCCS(=O)(=O)OC1CS(=O)(=O)OC1C. The third-order valence-electron chi connectivity index (χ3n) is 12.0. The van der Waals surface area contributed by atoms with Gasteiger partial charge in [-0.3, -0.25) is 50.2 Å². The lowest BCUT2D eigenvalue weighted by molar-refractivity contribution is 0.0894. The van der Waals surface area contributed by atoms with E-state index in [4.69, 9.17) is 25.1 Å². The molecular weight excluding hydrogens is 1390 g/mol. The van der Waals surface area contributed by atoms with Crippen LogP contribution < -0.4 is 0 Å². The van der Waals surface area contributed by atoms with Crippen LogP contribution in [0.1, 0.15) is 80.1 Å². The second-order valence-electron chi connectivity index (χ2n) is 20.2. The van der Waals surface area contributed by atoms with E-state index in [1.54, 1.807) is 0 Å². The predicted octanol–water partition coefficient (Wildman–Crippen LogP) is -3.92. The number of hydrogen-bond donors (Lipinski definition) is 0. The summed E-state index contributed by atoms with van der Waals surface area (Å²) in [6.45, 7) is 6.15. The normalized spacial score (nSPS) is 32.5. The van der Waals surface area contributed by atoms with Crippen molar-refractivity contribution in [1.82, 2.24) is 0 Å². The summed E-state index contributed by atoms with van der Waals surface area (Å²) >= 11 is 0. The summed E-state index contributed by atoms with van der Waals surface area (Å²) < 4.78 is 336. The average Bonchev–Trinajstić information content (AvgIpc) is 2.97. The molecule has 6 aliphatic heterocycles. The molecule has 0 spiro atoms. The lowest BCUT2D eigenvalue weighted by atomic mass is 10.2. The predicted molar refractivity (Wildman–Crippen MR) is 286 cm³/mol. The third-order valence-corrected chi connectivity index (χ3v) is 29.2. The van der Waals surface area contributed by atoms with E-state index in [1.807, 2.05) is 0 Å². The maximum absolute atomic E-state index is 12.0. The Morgan fingerprint density at radius 1 is 0.369 bits per heavy atom. The molecule has 0 aromatic heterocycles. The minimum absolute atomic E-state index is 0.0886. The van der Waals surface area contributed by atoms with E-state index in [0.717, 1.165) is 0 Å². The quantitative estimate of drug-likeness (QED) is 0.0560. The van der Waals surface area contributed by atoms with Gasteiger partial charge in [-0.25, -0.2) is 0 Å². The van der Waals surface area contributed by atoms with Crippen molar-refractivity contribution in [3.63, 3.8) is 0 Å². The number of unbranched alkanes of at least 4 members (excludes halogenated alkanes) is 3. The van der Waals surface area contributed by atoms with Crippen molar-refractivity contribution >= 4 is 121 Å². The van der Waals surface area contributed by atoms with Crippen molar-refractivity contribution in [2.24, 2.45) is 0 Å². The Bertz CT molecular complexity index is 3430. The molecule has 10 atom stereocenters. The zero-order valence-corrected chi connectivity index (χ0v) is 55.2. The maximum Gasteiger partial charge on any atom is 0.272 e. The topological polar surface area (TPSA) is 520 Å². The van der Waals surface area contributed by atoms with Crippen LogP contribution in [0.25, 0.3) is 0 Å². The molecule has 6 fully saturated rings. The zero-order valence-electron chi connectivity index (χ0n) is 45.4. The molecule has 6 heterocycles. The summed E-state index contributed by atoms with van der Waals surface area (Å²) in [5.41, 5.74) is -3.06. The van der Waals surface area contributed by atoms with Gasteiger partial charge in [-0.05, 0) is 80.1 Å². The van der Waals surface area contributed by atoms with Gasteiger partial charge in [-0.15, -0.1) is 0 Å². The van der Waals surface area contributed by atoms with Crippen LogP contribution in [0.5, 0.6) is 0 Å². The summed E-state index contributed by atoms with van der Waals surface area (Å²) in [5.74, 6) is -5.55. The molecule has 498 valence electrons. The highest BCUT2D eigenvalue weighted by molar-refractivity contribution is 7.90. The number of rotatable bonds is 27. The summed E-state index contributed by atoms with van der Waals surface area (Å²) in [7, 11) is -47.6. The minimum atomic E-state index is -4.12. The van der Waals surface area contributed by atoms with Gasteiger partial charge in [0, 0.05) is 0 Å². The van der Waals surface area contributed by atoms with E-state index in [2.05, 4.69) is 25.1 Å². The average molecular weight is 1460 g/mol. The van der Waals surface area contributed by atoms with Crippen molar-refractivity contribution in [2.45, 2.75) is 138 Å². The van der Waals surface area contributed by atoms with E-state index in [-0.39, 0.29) is 38.5 Å². The van der Waals surface area contributed by atoms with Crippen LogP contribution in [-0.4, -0.2) is 243 Å². The Morgan fingerprint density at radius 2 is 0.619 bits per heavy atom. The molecule has 0 aromatic carbocycles. The van der Waals surface area contributed by atoms with Gasteiger partial charge in [0.1, 0.15) is 81.3 Å². The molecule has 6 saturated heterocycles. The Labute approximate surface area is 491 Å². The van der Waals surface area contributed by atoms with E-state index >= 15 is 0 Å². The van der Waals surface area contributed by atoms with Gasteiger partial charge >= 0.3 is 0 Å². The lowest BCUT2D eigenvalue weighted by Gasteiger charge is -2.21. The van der Waals surface area contributed by atoms with Gasteiger partial charge in [-0.1, -0.05) is 0 Å². The first-order valence-corrected chi connectivity index (χ1v) is 43.2. The van der Waals surface area contributed by atoms with Crippen LogP contribution in [0.15, 0.2) is 0 Å². The van der Waals surface area contributed by atoms with Crippen molar-refractivity contribution in [1.29, 1.82) is 0 Å². The minimum Gasteiger partial charge on any atom is -0.267 e. The van der Waals surface area contributed by atoms with Crippen LogP contribution in [0.2, 0.25) is 0 Å². The molecule has 36 nitrogen and oxygen atoms in total. The summed E-state index contributed by atoms with van der Waals surface area (Å²) in [5, 5.41) is -2.27. The zero-order chi connectivity index (χ0) is 64.2. The fourth-order valence-corrected chi connectivity index (χ4v) is 23.6. The van der Waals surface area contributed by atoms with E-state index in [1.165, 1.54) is 41.5 Å². The molecule has 6 aliphatic rings. The van der Waals surface area contributed by atoms with Crippen molar-refractivity contribution in [3.05, 3.63) is 0 Å². The number of hydrogen-bond acceptors (Lipinski definition) is 36. The standard InChI is InChI=1S/3C12H22O12S4/c1-11(7-21-27(17,18)9-11)23-25(13,14)5-3-4-6-26(15,16)24-12(2)8-22-28(19,20)10-12;1-9-11(7-27(17,18)21-9)23-25(13,14)5-3-4-6-26(15,16)24-12-8-28(19,20)22-10(12)2;1-9-11(7-21-27(9,17)18)23-25(13,14)5-3-4-6-26(15,16)24-12-8-22-28(19,20)10(12)2/h3-10H2,1-2H3;2*9-12H,3-8H2,1-2H3. The Balaban J connectivity index is 0.000000270. The molecule has 0 N–H and O–H groups in total. The largest absolute Gasteiger partial charge is 0.272 e. The van der Waals surface area contributed by atoms with Crippen molar-refractivity contribution in [3.8, 4) is 0 Å². The molecule has 48 heteroatoms. The summed E-state index contributed by atoms with van der Waals surface area (Å²) in [6, 6.07) is 0. The molecule has 0 saturated carbocycles. The molecule has 84 heavy (non-hydrogen) atoms. The molecule has 0 bridgehead atoms. The Kier molecular flexibility index (Phi) is 24.9. The highest BCUT2D eigenvalue weighted by Crippen LogP contribution is 2.29. The van der Waals surface area contributed by atoms with Gasteiger partial charge in [0.05, 0.1) is 60.9 Å². The van der Waals surface area contributed by atoms with Gasteiger partial charge in [0.25, 0.3) is 121 Å².